The second-order valence-electron chi connectivity index (χ2n) is 7.83. The third-order valence-electron chi connectivity index (χ3n) is 5.53. The Balaban J connectivity index is 2.08. The van der Waals surface area contributed by atoms with Gasteiger partial charge in [0, 0.05) is 18.1 Å². The summed E-state index contributed by atoms with van der Waals surface area (Å²) in [6.07, 6.45) is -9.18. The normalized spacial score (nSPS) is 27.3. The summed E-state index contributed by atoms with van der Waals surface area (Å²) in [4.78, 5) is 12.0. The van der Waals surface area contributed by atoms with Crippen LogP contribution in [0, 0.1) is 0 Å². The molecule has 0 radical (unpaired) electrons. The first-order valence-corrected chi connectivity index (χ1v) is 10.6. The molecule has 2 heterocycles. The lowest BCUT2D eigenvalue weighted by Crippen LogP contribution is -2.60. The monoisotopic (exact) mass is 466 g/mol. The Hall–Kier alpha value is -2.31. The quantitative estimate of drug-likeness (QED) is 0.306. The fourth-order valence-corrected chi connectivity index (χ4v) is 3.86. The zero-order valence-corrected chi connectivity index (χ0v) is 18.7. The van der Waals surface area contributed by atoms with Crippen LogP contribution in [0.2, 0.25) is 0 Å². The van der Waals surface area contributed by atoms with Gasteiger partial charge in [-0.05, 0) is 37.6 Å². The minimum atomic E-state index is -1.61. The first kappa shape index (κ1) is 25.3. The summed E-state index contributed by atoms with van der Waals surface area (Å²) < 4.78 is 28.5. The van der Waals surface area contributed by atoms with Gasteiger partial charge in [-0.3, -0.25) is 0 Å². The zero-order chi connectivity index (χ0) is 24.3. The van der Waals surface area contributed by atoms with Crippen LogP contribution in [-0.4, -0.2) is 77.6 Å². The standard InChI is InChI=1S/C23H30O10/c1-5-30-22(16-13(29-4)8-6-12-7-9-15(25)32-21(12)16)20(11(2)3)33-23-19(28)18(27)17(26)14(10-24)31-23/h6-9,14,17-20,22-24,26-28H,2,5,10H2,1,3-4H3/t14-,17-,18+,19-,20?,22?,23+/m1/s1. The van der Waals surface area contributed by atoms with Crippen molar-refractivity contribution in [3.05, 3.63) is 52.4 Å². The van der Waals surface area contributed by atoms with Crippen LogP contribution in [-0.2, 0) is 14.2 Å². The Morgan fingerprint density at radius 1 is 1.15 bits per heavy atom. The Morgan fingerprint density at radius 2 is 1.85 bits per heavy atom. The van der Waals surface area contributed by atoms with Crippen LogP contribution < -0.4 is 10.4 Å². The minimum Gasteiger partial charge on any atom is -0.496 e. The van der Waals surface area contributed by atoms with Crippen LogP contribution in [0.4, 0.5) is 0 Å². The summed E-state index contributed by atoms with van der Waals surface area (Å²) in [5.41, 5.74) is 0.549. The largest absolute Gasteiger partial charge is 0.496 e. The average molecular weight is 466 g/mol. The van der Waals surface area contributed by atoms with Gasteiger partial charge >= 0.3 is 5.63 Å². The van der Waals surface area contributed by atoms with E-state index in [0.29, 0.717) is 22.3 Å². The van der Waals surface area contributed by atoms with E-state index in [1.165, 1.54) is 13.2 Å². The van der Waals surface area contributed by atoms with E-state index >= 15 is 0 Å². The highest BCUT2D eigenvalue weighted by Gasteiger charge is 2.46. The van der Waals surface area contributed by atoms with E-state index < -0.39 is 55.1 Å². The SMILES string of the molecule is C=C(C)C(O[C@@H]1O[C@H](CO)[C@@H](O)[C@H](O)[C@H]1O)C(OCC)c1c(OC)ccc2ccc(=O)oc12. The Labute approximate surface area is 190 Å². The molecule has 1 aromatic heterocycles. The van der Waals surface area contributed by atoms with Crippen molar-refractivity contribution < 1.29 is 43.8 Å². The fraction of sp³-hybridized carbons (Fsp3) is 0.522. The molecule has 10 heteroatoms. The van der Waals surface area contributed by atoms with Gasteiger partial charge in [0.1, 0.15) is 48.0 Å². The second kappa shape index (κ2) is 10.7. The molecule has 0 saturated carbocycles. The third kappa shape index (κ3) is 5.12. The molecule has 2 aromatic rings. The number of hydrogen-bond acceptors (Lipinski definition) is 10. The van der Waals surface area contributed by atoms with E-state index in [2.05, 4.69) is 6.58 Å². The summed E-state index contributed by atoms with van der Waals surface area (Å²) in [5.74, 6) is 0.374. The molecular formula is C23H30O10. The van der Waals surface area contributed by atoms with Crippen molar-refractivity contribution in [2.75, 3.05) is 20.3 Å². The maximum atomic E-state index is 12.0. The lowest BCUT2D eigenvalue weighted by atomic mass is 9.95. The van der Waals surface area contributed by atoms with E-state index in [1.54, 1.807) is 32.0 Å². The molecule has 0 aliphatic carbocycles. The number of ether oxygens (including phenoxy) is 4. The number of fused-ring (bicyclic) bond motifs is 1. The Kier molecular flexibility index (Phi) is 8.24. The van der Waals surface area contributed by atoms with Gasteiger partial charge in [0.05, 0.1) is 19.3 Å². The molecule has 10 nitrogen and oxygen atoms in total. The predicted octanol–water partition coefficient (Wildman–Crippen LogP) is 0.640. The molecule has 1 fully saturated rings. The Morgan fingerprint density at radius 3 is 2.45 bits per heavy atom. The maximum absolute atomic E-state index is 12.0. The molecule has 1 aromatic carbocycles. The van der Waals surface area contributed by atoms with Crippen LogP contribution in [0.15, 0.2) is 45.6 Å². The number of hydrogen-bond donors (Lipinski definition) is 4. The van der Waals surface area contributed by atoms with Crippen LogP contribution in [0.25, 0.3) is 11.0 Å². The molecule has 3 rings (SSSR count). The summed E-state index contributed by atoms with van der Waals surface area (Å²) in [6, 6.07) is 6.35. The molecule has 182 valence electrons. The molecule has 1 aliphatic rings. The molecule has 2 unspecified atom stereocenters. The molecule has 1 aliphatic heterocycles. The maximum Gasteiger partial charge on any atom is 0.336 e. The highest BCUT2D eigenvalue weighted by molar-refractivity contribution is 5.82. The molecule has 0 bridgehead atoms. The highest BCUT2D eigenvalue weighted by atomic mass is 16.7. The van der Waals surface area contributed by atoms with Gasteiger partial charge in [0.2, 0.25) is 0 Å². The molecule has 33 heavy (non-hydrogen) atoms. The fourth-order valence-electron chi connectivity index (χ4n) is 3.86. The van der Waals surface area contributed by atoms with Gasteiger partial charge in [-0.25, -0.2) is 4.79 Å². The Bertz CT molecular complexity index is 1020. The summed E-state index contributed by atoms with van der Waals surface area (Å²) in [7, 11) is 1.46. The molecule has 7 atom stereocenters. The van der Waals surface area contributed by atoms with E-state index in [1.807, 2.05) is 0 Å². The van der Waals surface area contributed by atoms with Crippen LogP contribution in [0.5, 0.6) is 5.75 Å². The molecule has 0 spiro atoms. The average Bonchev–Trinajstić information content (AvgIpc) is 2.80. The van der Waals surface area contributed by atoms with Crippen LogP contribution in [0.3, 0.4) is 0 Å². The molecule has 0 amide bonds. The topological polar surface area (TPSA) is 148 Å². The van der Waals surface area contributed by atoms with Gasteiger partial charge in [-0.2, -0.15) is 0 Å². The number of benzene rings is 1. The van der Waals surface area contributed by atoms with Crippen molar-refractivity contribution in [2.45, 2.75) is 56.8 Å². The highest BCUT2D eigenvalue weighted by Crippen LogP contribution is 2.40. The number of aliphatic hydroxyl groups excluding tert-OH is 4. The van der Waals surface area contributed by atoms with Crippen molar-refractivity contribution in [1.82, 2.24) is 0 Å². The lowest BCUT2D eigenvalue weighted by molar-refractivity contribution is -0.314. The van der Waals surface area contributed by atoms with Crippen LogP contribution >= 0.6 is 0 Å². The predicted molar refractivity (Wildman–Crippen MR) is 117 cm³/mol. The molecule has 4 N–H and O–H groups in total. The van der Waals surface area contributed by atoms with Gasteiger partial charge < -0.3 is 43.8 Å². The number of rotatable bonds is 9. The van der Waals surface area contributed by atoms with Gasteiger partial charge in [0.25, 0.3) is 0 Å². The van der Waals surface area contributed by atoms with Gasteiger partial charge in [-0.1, -0.05) is 6.58 Å². The summed E-state index contributed by atoms with van der Waals surface area (Å²) in [6.45, 7) is 7.05. The zero-order valence-electron chi connectivity index (χ0n) is 18.7. The molecular weight excluding hydrogens is 436 g/mol. The van der Waals surface area contributed by atoms with Crippen molar-refractivity contribution in [3.63, 3.8) is 0 Å². The van der Waals surface area contributed by atoms with Gasteiger partial charge in [-0.15, -0.1) is 0 Å². The van der Waals surface area contributed by atoms with Crippen molar-refractivity contribution >= 4 is 11.0 Å². The van der Waals surface area contributed by atoms with Crippen molar-refractivity contribution in [3.8, 4) is 5.75 Å². The van der Waals surface area contributed by atoms with E-state index in [4.69, 9.17) is 23.4 Å². The van der Waals surface area contributed by atoms with Crippen LogP contribution in [0.1, 0.15) is 25.5 Å². The van der Waals surface area contributed by atoms with Crippen molar-refractivity contribution in [2.24, 2.45) is 0 Å². The number of aliphatic hydroxyl groups is 4. The third-order valence-corrected chi connectivity index (χ3v) is 5.53. The minimum absolute atomic E-state index is 0.239. The van der Waals surface area contributed by atoms with E-state index in [9.17, 15) is 25.2 Å². The number of methoxy groups -OCH3 is 1. The van der Waals surface area contributed by atoms with Crippen molar-refractivity contribution in [1.29, 1.82) is 0 Å². The molecule has 1 saturated heterocycles. The summed E-state index contributed by atoms with van der Waals surface area (Å²) in [5, 5.41) is 40.7. The first-order chi connectivity index (χ1) is 15.7. The van der Waals surface area contributed by atoms with Gasteiger partial charge in [0.15, 0.2) is 6.29 Å². The first-order valence-electron chi connectivity index (χ1n) is 10.6. The lowest BCUT2D eigenvalue weighted by Gasteiger charge is -2.42. The second-order valence-corrected chi connectivity index (χ2v) is 7.83. The smallest absolute Gasteiger partial charge is 0.336 e. The summed E-state index contributed by atoms with van der Waals surface area (Å²) >= 11 is 0. The van der Waals surface area contributed by atoms with E-state index in [0.717, 1.165) is 0 Å². The van der Waals surface area contributed by atoms with E-state index in [-0.39, 0.29) is 12.2 Å².